The molecule has 2 aliphatic carbocycles. The molecule has 0 aliphatic heterocycles. The molecule has 0 saturated heterocycles. The highest BCUT2D eigenvalue weighted by Crippen LogP contribution is 2.68. The van der Waals surface area contributed by atoms with E-state index in [0.29, 0.717) is 6.42 Å². The summed E-state index contributed by atoms with van der Waals surface area (Å²) in [5.41, 5.74) is -5.28. The fourth-order valence-electron chi connectivity index (χ4n) is 5.85. The molecule has 0 aromatic heterocycles. The predicted molar refractivity (Wildman–Crippen MR) is 82.7 cm³/mol. The summed E-state index contributed by atoms with van der Waals surface area (Å²) in [6.07, 6.45) is -11.4. The molecule has 7 heteroatoms. The molecule has 0 amide bonds. The second-order valence-electron chi connectivity index (χ2n) is 10.0. The Hall–Kier alpha value is -0.460. The van der Waals surface area contributed by atoms with Crippen LogP contribution in [0.4, 0.5) is 26.3 Å². The summed E-state index contributed by atoms with van der Waals surface area (Å²) < 4.78 is 80.2. The molecule has 0 radical (unpaired) electrons. The van der Waals surface area contributed by atoms with Gasteiger partial charge in [-0.3, -0.25) is 0 Å². The van der Waals surface area contributed by atoms with Crippen molar-refractivity contribution in [2.24, 2.45) is 40.4 Å². The van der Waals surface area contributed by atoms with Gasteiger partial charge in [0.15, 0.2) is 0 Å². The van der Waals surface area contributed by atoms with E-state index in [1.54, 1.807) is 0 Å². The van der Waals surface area contributed by atoms with E-state index in [0.717, 1.165) is 0 Å². The van der Waals surface area contributed by atoms with Crippen LogP contribution in [0, 0.1) is 40.4 Å². The lowest BCUT2D eigenvalue weighted by molar-refractivity contribution is -0.391. The molecule has 1 N–H and O–H groups in total. The summed E-state index contributed by atoms with van der Waals surface area (Å²) in [6, 6.07) is 0. The van der Waals surface area contributed by atoms with Crippen LogP contribution < -0.4 is 0 Å². The Labute approximate surface area is 145 Å². The molecule has 2 bridgehead atoms. The third kappa shape index (κ3) is 3.08. The highest BCUT2D eigenvalue weighted by molar-refractivity contribution is 5.14. The Morgan fingerprint density at radius 2 is 1.08 bits per heavy atom. The summed E-state index contributed by atoms with van der Waals surface area (Å²) in [6.45, 7) is 11.6. The van der Waals surface area contributed by atoms with Gasteiger partial charge in [0.1, 0.15) is 0 Å². The smallest absolute Gasteiger partial charge is 0.373 e. The molecular formula is C18H28F6O. The minimum Gasteiger partial charge on any atom is -0.373 e. The van der Waals surface area contributed by atoms with Crippen LogP contribution >= 0.6 is 0 Å². The minimum atomic E-state index is -5.74. The quantitative estimate of drug-likeness (QED) is 0.573. The molecule has 2 saturated carbocycles. The van der Waals surface area contributed by atoms with Gasteiger partial charge >= 0.3 is 12.4 Å². The number of aliphatic hydroxyl groups is 1. The Morgan fingerprint density at radius 1 is 0.680 bits per heavy atom. The third-order valence-electron chi connectivity index (χ3n) is 6.41. The van der Waals surface area contributed by atoms with Crippen LogP contribution in [0.15, 0.2) is 0 Å². The van der Waals surface area contributed by atoms with Crippen LogP contribution in [-0.4, -0.2) is 23.1 Å². The Morgan fingerprint density at radius 3 is 1.40 bits per heavy atom. The zero-order chi connectivity index (χ0) is 19.8. The first kappa shape index (κ1) is 20.8. The van der Waals surface area contributed by atoms with E-state index in [1.165, 1.54) is 0 Å². The lowest BCUT2D eigenvalue weighted by atomic mass is 9.55. The standard InChI is InChI=1S/C18H28F6O/c1-14(2,3)12-9-7-10(13(12)15(4,5)6)11(8-9)16(25,17(19,20)21)18(22,23)24/h9-13,25H,7-8H2,1-6H3. The van der Waals surface area contributed by atoms with E-state index >= 15 is 0 Å². The van der Waals surface area contributed by atoms with Crippen LogP contribution in [-0.2, 0) is 0 Å². The first-order valence-corrected chi connectivity index (χ1v) is 8.69. The summed E-state index contributed by atoms with van der Waals surface area (Å²) in [5, 5.41) is 9.93. The molecule has 0 aromatic carbocycles. The predicted octanol–water partition coefficient (Wildman–Crippen LogP) is 5.82. The Balaban J connectivity index is 2.52. The van der Waals surface area contributed by atoms with E-state index in [1.807, 2.05) is 41.5 Å². The van der Waals surface area contributed by atoms with Crippen LogP contribution in [0.2, 0.25) is 0 Å². The van der Waals surface area contributed by atoms with Gasteiger partial charge in [-0.2, -0.15) is 26.3 Å². The molecule has 0 spiro atoms. The van der Waals surface area contributed by atoms with Crippen molar-refractivity contribution >= 4 is 0 Å². The number of fused-ring (bicyclic) bond motifs is 2. The van der Waals surface area contributed by atoms with Gasteiger partial charge in [0.05, 0.1) is 0 Å². The van der Waals surface area contributed by atoms with Gasteiger partial charge in [0, 0.05) is 5.92 Å². The van der Waals surface area contributed by atoms with Crippen molar-refractivity contribution in [2.75, 3.05) is 0 Å². The maximum absolute atomic E-state index is 13.4. The molecule has 2 fully saturated rings. The summed E-state index contributed by atoms with van der Waals surface area (Å²) in [7, 11) is 0. The number of halogens is 6. The van der Waals surface area contributed by atoms with Crippen molar-refractivity contribution < 1.29 is 31.4 Å². The highest BCUT2D eigenvalue weighted by atomic mass is 19.4. The molecule has 148 valence electrons. The molecule has 25 heavy (non-hydrogen) atoms. The minimum absolute atomic E-state index is 0.0412. The second-order valence-corrected chi connectivity index (χ2v) is 10.0. The van der Waals surface area contributed by atoms with Crippen molar-refractivity contribution in [2.45, 2.75) is 72.3 Å². The fraction of sp³-hybridized carbons (Fsp3) is 1.00. The number of rotatable bonds is 1. The average Bonchev–Trinajstić information content (AvgIpc) is 2.90. The van der Waals surface area contributed by atoms with E-state index in [-0.39, 0.29) is 29.6 Å². The van der Waals surface area contributed by atoms with Crippen molar-refractivity contribution in [3.05, 3.63) is 0 Å². The number of hydrogen-bond donors (Lipinski definition) is 1. The van der Waals surface area contributed by atoms with E-state index in [4.69, 9.17) is 0 Å². The fourth-order valence-corrected chi connectivity index (χ4v) is 5.85. The number of alkyl halides is 6. The molecule has 2 rings (SSSR count). The summed E-state index contributed by atoms with van der Waals surface area (Å²) >= 11 is 0. The van der Waals surface area contributed by atoms with Crippen LogP contribution in [0.25, 0.3) is 0 Å². The Bertz CT molecular complexity index is 494. The van der Waals surface area contributed by atoms with Gasteiger partial charge in [0.2, 0.25) is 0 Å². The maximum Gasteiger partial charge on any atom is 0.426 e. The van der Waals surface area contributed by atoms with Gasteiger partial charge < -0.3 is 5.11 Å². The molecule has 5 unspecified atom stereocenters. The monoisotopic (exact) mass is 374 g/mol. The molecular weight excluding hydrogens is 346 g/mol. The number of hydrogen-bond acceptors (Lipinski definition) is 1. The topological polar surface area (TPSA) is 20.2 Å². The molecule has 0 aromatic rings. The summed E-state index contributed by atoms with van der Waals surface area (Å²) in [5.74, 6) is -3.11. The molecule has 0 heterocycles. The van der Waals surface area contributed by atoms with Crippen molar-refractivity contribution in [3.8, 4) is 0 Å². The zero-order valence-corrected chi connectivity index (χ0v) is 15.5. The van der Waals surface area contributed by atoms with Crippen molar-refractivity contribution in [1.29, 1.82) is 0 Å². The third-order valence-corrected chi connectivity index (χ3v) is 6.41. The van der Waals surface area contributed by atoms with E-state index in [2.05, 4.69) is 0 Å². The summed E-state index contributed by atoms with van der Waals surface area (Å²) in [4.78, 5) is 0. The van der Waals surface area contributed by atoms with Gasteiger partial charge in [-0.1, -0.05) is 41.5 Å². The molecule has 2 aliphatic rings. The molecule has 5 atom stereocenters. The van der Waals surface area contributed by atoms with Gasteiger partial charge in [-0.05, 0) is 47.3 Å². The maximum atomic E-state index is 13.4. The van der Waals surface area contributed by atoms with Gasteiger partial charge in [0.25, 0.3) is 5.60 Å². The lowest BCUT2D eigenvalue weighted by Gasteiger charge is -2.51. The van der Waals surface area contributed by atoms with E-state index < -0.39 is 35.2 Å². The van der Waals surface area contributed by atoms with E-state index in [9.17, 15) is 31.4 Å². The first-order valence-electron chi connectivity index (χ1n) is 8.69. The second kappa shape index (κ2) is 5.52. The average molecular weight is 374 g/mol. The van der Waals surface area contributed by atoms with Crippen LogP contribution in [0.3, 0.4) is 0 Å². The largest absolute Gasteiger partial charge is 0.426 e. The van der Waals surface area contributed by atoms with Crippen molar-refractivity contribution in [3.63, 3.8) is 0 Å². The van der Waals surface area contributed by atoms with Gasteiger partial charge in [-0.15, -0.1) is 0 Å². The van der Waals surface area contributed by atoms with Crippen LogP contribution in [0.5, 0.6) is 0 Å². The lowest BCUT2D eigenvalue weighted by Crippen LogP contribution is -2.64. The highest BCUT2D eigenvalue weighted by Gasteiger charge is 2.78. The molecule has 1 nitrogen and oxygen atoms in total. The first-order chi connectivity index (χ1) is 10.8. The normalized spacial score (nSPS) is 34.7. The Kier molecular flexibility index (Phi) is 4.60. The SMILES string of the molecule is CC(C)(C)C1C2CC(C1C(C)(C)C)C(C(O)(C(F)(F)F)C(F)(F)F)C2. The van der Waals surface area contributed by atoms with Gasteiger partial charge in [-0.25, -0.2) is 0 Å². The zero-order valence-electron chi connectivity index (χ0n) is 15.5. The van der Waals surface area contributed by atoms with Crippen LogP contribution in [0.1, 0.15) is 54.4 Å². The van der Waals surface area contributed by atoms with Crippen molar-refractivity contribution in [1.82, 2.24) is 0 Å².